The highest BCUT2D eigenvalue weighted by Gasteiger charge is 2.06. The standard InChI is InChI=1S/C7H4F2N2O2/c8-6-3-10-4-7(9)5(6)1-2-11(12)13/h1-4H. The molecule has 0 unspecified atom stereocenters. The first-order valence-corrected chi connectivity index (χ1v) is 3.22. The van der Waals surface area contributed by atoms with E-state index in [1.54, 1.807) is 0 Å². The topological polar surface area (TPSA) is 56.0 Å². The highest BCUT2D eigenvalue weighted by Crippen LogP contribution is 2.11. The minimum atomic E-state index is -0.932. The van der Waals surface area contributed by atoms with Gasteiger partial charge in [0.05, 0.1) is 22.9 Å². The van der Waals surface area contributed by atoms with Crippen LogP contribution in [0.25, 0.3) is 6.08 Å². The summed E-state index contributed by atoms with van der Waals surface area (Å²) in [6.45, 7) is 0. The van der Waals surface area contributed by atoms with Gasteiger partial charge < -0.3 is 0 Å². The molecule has 13 heavy (non-hydrogen) atoms. The predicted octanol–water partition coefficient (Wildman–Crippen LogP) is 1.61. The second kappa shape index (κ2) is 3.70. The summed E-state index contributed by atoms with van der Waals surface area (Å²) >= 11 is 0. The lowest BCUT2D eigenvalue weighted by Gasteiger charge is -1.94. The van der Waals surface area contributed by atoms with Gasteiger partial charge in [0.15, 0.2) is 11.6 Å². The summed E-state index contributed by atoms with van der Waals surface area (Å²) < 4.78 is 25.4. The number of rotatable bonds is 2. The molecule has 0 spiro atoms. The van der Waals surface area contributed by atoms with Crippen molar-refractivity contribution in [3.63, 3.8) is 0 Å². The van der Waals surface area contributed by atoms with Crippen molar-refractivity contribution in [2.75, 3.05) is 0 Å². The molecule has 0 N–H and O–H groups in total. The molecular weight excluding hydrogens is 182 g/mol. The third kappa shape index (κ3) is 2.29. The fraction of sp³-hybridized carbons (Fsp3) is 0. The first-order chi connectivity index (χ1) is 6.11. The van der Waals surface area contributed by atoms with E-state index >= 15 is 0 Å². The summed E-state index contributed by atoms with van der Waals surface area (Å²) in [6.07, 6.45) is 2.76. The van der Waals surface area contributed by atoms with E-state index in [0.29, 0.717) is 6.20 Å². The summed E-state index contributed by atoms with van der Waals surface area (Å²) in [7, 11) is 0. The lowest BCUT2D eigenvalue weighted by atomic mass is 10.2. The van der Waals surface area contributed by atoms with E-state index in [4.69, 9.17) is 0 Å². The lowest BCUT2D eigenvalue weighted by molar-refractivity contribution is -0.401. The fourth-order valence-electron chi connectivity index (χ4n) is 0.716. The molecule has 0 radical (unpaired) electrons. The zero-order chi connectivity index (χ0) is 9.84. The first-order valence-electron chi connectivity index (χ1n) is 3.22. The molecule has 0 amide bonds. The van der Waals surface area contributed by atoms with Crippen LogP contribution >= 0.6 is 0 Å². The summed E-state index contributed by atoms with van der Waals surface area (Å²) in [5, 5.41) is 9.85. The molecule has 68 valence electrons. The Balaban J connectivity index is 3.06. The molecule has 4 nitrogen and oxygen atoms in total. The average molecular weight is 186 g/mol. The Hall–Kier alpha value is -1.85. The van der Waals surface area contributed by atoms with Gasteiger partial charge in [-0.25, -0.2) is 8.78 Å². The van der Waals surface area contributed by atoms with Crippen LogP contribution in [0.5, 0.6) is 0 Å². The molecular formula is C7H4F2N2O2. The van der Waals surface area contributed by atoms with Crippen LogP contribution in [-0.4, -0.2) is 9.91 Å². The molecule has 0 aliphatic rings. The quantitative estimate of drug-likeness (QED) is 0.520. The molecule has 0 fully saturated rings. The largest absolute Gasteiger partial charge is 0.259 e. The van der Waals surface area contributed by atoms with E-state index in [0.717, 1.165) is 18.5 Å². The molecule has 0 saturated carbocycles. The number of hydrogen-bond donors (Lipinski definition) is 0. The van der Waals surface area contributed by atoms with Crippen LogP contribution < -0.4 is 0 Å². The minimum Gasteiger partial charge on any atom is -0.259 e. The van der Waals surface area contributed by atoms with Crippen LogP contribution in [0.15, 0.2) is 18.6 Å². The summed E-state index contributed by atoms with van der Waals surface area (Å²) in [5.74, 6) is -1.86. The molecule has 0 atom stereocenters. The van der Waals surface area contributed by atoms with Crippen LogP contribution in [0.1, 0.15) is 5.56 Å². The van der Waals surface area contributed by atoms with Crippen molar-refractivity contribution in [2.45, 2.75) is 0 Å². The third-order valence-electron chi connectivity index (χ3n) is 1.25. The molecule has 1 rings (SSSR count). The minimum absolute atomic E-state index is 0.460. The Morgan fingerprint density at radius 3 is 2.38 bits per heavy atom. The van der Waals surface area contributed by atoms with Gasteiger partial charge in [0.2, 0.25) is 6.20 Å². The average Bonchev–Trinajstić information content (AvgIpc) is 2.03. The molecule has 6 heteroatoms. The van der Waals surface area contributed by atoms with Crippen LogP contribution in [-0.2, 0) is 0 Å². The third-order valence-corrected chi connectivity index (χ3v) is 1.25. The van der Waals surface area contributed by atoms with E-state index in [1.165, 1.54) is 0 Å². The summed E-state index contributed by atoms with van der Waals surface area (Å²) in [6, 6.07) is 0. The molecule has 0 aliphatic heterocycles. The van der Waals surface area contributed by atoms with E-state index in [9.17, 15) is 18.9 Å². The van der Waals surface area contributed by atoms with Gasteiger partial charge in [0.25, 0.3) is 0 Å². The van der Waals surface area contributed by atoms with Crippen molar-refractivity contribution < 1.29 is 13.7 Å². The number of pyridine rings is 1. The number of aromatic nitrogens is 1. The Labute approximate surface area is 71.7 Å². The smallest absolute Gasteiger partial charge is 0.235 e. The number of halogens is 2. The summed E-state index contributed by atoms with van der Waals surface area (Å²) in [5.41, 5.74) is -0.466. The summed E-state index contributed by atoms with van der Waals surface area (Å²) in [4.78, 5) is 12.3. The normalized spacial score (nSPS) is 10.6. The highest BCUT2D eigenvalue weighted by molar-refractivity contribution is 5.48. The van der Waals surface area contributed by atoms with Gasteiger partial charge in [-0.3, -0.25) is 15.1 Å². The van der Waals surface area contributed by atoms with E-state index < -0.39 is 22.1 Å². The molecule has 0 saturated heterocycles. The zero-order valence-corrected chi connectivity index (χ0v) is 6.28. The Morgan fingerprint density at radius 1 is 1.38 bits per heavy atom. The molecule has 0 aliphatic carbocycles. The maximum atomic E-state index is 12.7. The van der Waals surface area contributed by atoms with Crippen molar-refractivity contribution >= 4 is 6.08 Å². The van der Waals surface area contributed by atoms with Crippen molar-refractivity contribution in [1.82, 2.24) is 4.98 Å². The van der Waals surface area contributed by atoms with Crippen molar-refractivity contribution in [3.05, 3.63) is 45.9 Å². The van der Waals surface area contributed by atoms with Gasteiger partial charge in [0, 0.05) is 6.08 Å². The molecule has 1 aromatic heterocycles. The van der Waals surface area contributed by atoms with Gasteiger partial charge in [-0.2, -0.15) is 0 Å². The maximum Gasteiger partial charge on any atom is 0.235 e. The highest BCUT2D eigenvalue weighted by atomic mass is 19.1. The van der Waals surface area contributed by atoms with E-state index in [2.05, 4.69) is 4.98 Å². The Bertz CT molecular complexity index is 345. The van der Waals surface area contributed by atoms with Gasteiger partial charge in [-0.15, -0.1) is 0 Å². The van der Waals surface area contributed by atoms with Gasteiger partial charge in [-0.1, -0.05) is 0 Å². The Morgan fingerprint density at radius 2 is 1.92 bits per heavy atom. The fourth-order valence-corrected chi connectivity index (χ4v) is 0.716. The lowest BCUT2D eigenvalue weighted by Crippen LogP contribution is -1.91. The zero-order valence-electron chi connectivity index (χ0n) is 6.28. The van der Waals surface area contributed by atoms with Crippen LogP contribution in [0, 0.1) is 21.7 Å². The van der Waals surface area contributed by atoms with E-state index in [1.807, 2.05) is 0 Å². The van der Waals surface area contributed by atoms with Crippen molar-refractivity contribution in [2.24, 2.45) is 0 Å². The van der Waals surface area contributed by atoms with Gasteiger partial charge >= 0.3 is 0 Å². The van der Waals surface area contributed by atoms with E-state index in [-0.39, 0.29) is 0 Å². The monoisotopic (exact) mass is 186 g/mol. The molecule has 0 bridgehead atoms. The van der Waals surface area contributed by atoms with Gasteiger partial charge in [0.1, 0.15) is 0 Å². The predicted molar refractivity (Wildman–Crippen MR) is 40.2 cm³/mol. The van der Waals surface area contributed by atoms with Crippen molar-refractivity contribution in [3.8, 4) is 0 Å². The molecule has 1 heterocycles. The SMILES string of the molecule is O=[N+]([O-])C=Cc1c(F)cncc1F. The van der Waals surface area contributed by atoms with Crippen LogP contribution in [0.3, 0.4) is 0 Å². The van der Waals surface area contributed by atoms with Crippen LogP contribution in [0.4, 0.5) is 8.78 Å². The molecule has 0 aromatic carbocycles. The molecule has 1 aromatic rings. The first kappa shape index (κ1) is 9.24. The number of hydrogen-bond acceptors (Lipinski definition) is 3. The number of nitro groups is 1. The second-order valence-corrected chi connectivity index (χ2v) is 2.12. The Kier molecular flexibility index (Phi) is 2.63. The number of nitrogens with zero attached hydrogens (tertiary/aromatic N) is 2. The second-order valence-electron chi connectivity index (χ2n) is 2.12. The van der Waals surface area contributed by atoms with Crippen LogP contribution in [0.2, 0.25) is 0 Å². The maximum absolute atomic E-state index is 12.7. The van der Waals surface area contributed by atoms with Gasteiger partial charge in [-0.05, 0) is 0 Å². The van der Waals surface area contributed by atoms with Crippen molar-refractivity contribution in [1.29, 1.82) is 0 Å².